The van der Waals surface area contributed by atoms with Crippen LogP contribution in [0.15, 0.2) is 66.7 Å². The monoisotopic (exact) mass is 354 g/mol. The summed E-state index contributed by atoms with van der Waals surface area (Å²) < 4.78 is 0. The molecule has 27 heavy (non-hydrogen) atoms. The standard InChI is InChI=1S/C23H18N2O2/c1-15-5-4-8-19(11-15)25-22(26)20-10-9-18(12-21(20)23(25)27)24-13-16-6-2-3-7-17(16)14-24/h2-12H,13-14H2,1H3. The van der Waals surface area contributed by atoms with E-state index in [1.54, 1.807) is 12.1 Å². The Bertz CT molecular complexity index is 1080. The number of carbonyl (C=O) groups is 2. The number of amides is 2. The van der Waals surface area contributed by atoms with Crippen LogP contribution in [-0.4, -0.2) is 11.8 Å². The minimum absolute atomic E-state index is 0.251. The second-order valence-corrected chi connectivity index (χ2v) is 7.14. The van der Waals surface area contributed by atoms with E-state index < -0.39 is 0 Å². The van der Waals surface area contributed by atoms with Crippen molar-refractivity contribution in [2.45, 2.75) is 20.0 Å². The van der Waals surface area contributed by atoms with Crippen LogP contribution < -0.4 is 9.80 Å². The summed E-state index contributed by atoms with van der Waals surface area (Å²) in [5.41, 5.74) is 6.17. The summed E-state index contributed by atoms with van der Waals surface area (Å²) in [6.45, 7) is 3.59. The maximum Gasteiger partial charge on any atom is 0.266 e. The van der Waals surface area contributed by atoms with E-state index >= 15 is 0 Å². The molecule has 132 valence electrons. The first-order chi connectivity index (χ1) is 13.1. The van der Waals surface area contributed by atoms with Crippen LogP contribution in [0, 0.1) is 6.92 Å². The minimum atomic E-state index is -0.253. The van der Waals surface area contributed by atoms with Gasteiger partial charge in [-0.05, 0) is 53.9 Å². The summed E-state index contributed by atoms with van der Waals surface area (Å²) in [5.74, 6) is -0.504. The van der Waals surface area contributed by atoms with Crippen molar-refractivity contribution in [3.63, 3.8) is 0 Å². The van der Waals surface area contributed by atoms with Gasteiger partial charge in [0.05, 0.1) is 16.8 Å². The Labute approximate surface area is 157 Å². The van der Waals surface area contributed by atoms with Gasteiger partial charge in [-0.2, -0.15) is 0 Å². The molecule has 0 unspecified atom stereocenters. The van der Waals surface area contributed by atoms with E-state index in [1.165, 1.54) is 16.0 Å². The first-order valence-electron chi connectivity index (χ1n) is 9.03. The molecule has 3 aromatic rings. The van der Waals surface area contributed by atoms with Crippen molar-refractivity contribution in [2.24, 2.45) is 0 Å². The Balaban J connectivity index is 1.50. The first kappa shape index (κ1) is 15.8. The van der Waals surface area contributed by atoms with Gasteiger partial charge in [-0.1, -0.05) is 36.4 Å². The smallest absolute Gasteiger partial charge is 0.266 e. The van der Waals surface area contributed by atoms with Crippen LogP contribution in [0.25, 0.3) is 0 Å². The molecule has 2 aliphatic rings. The Morgan fingerprint density at radius 1 is 0.704 bits per heavy atom. The molecule has 2 amide bonds. The number of rotatable bonds is 2. The predicted octanol–water partition coefficient (Wildman–Crippen LogP) is 4.32. The van der Waals surface area contributed by atoms with Crippen LogP contribution in [-0.2, 0) is 13.1 Å². The van der Waals surface area contributed by atoms with Gasteiger partial charge in [0.25, 0.3) is 11.8 Å². The molecule has 5 rings (SSSR count). The van der Waals surface area contributed by atoms with Gasteiger partial charge >= 0.3 is 0 Å². The van der Waals surface area contributed by atoms with E-state index in [1.807, 2.05) is 49.4 Å². The Morgan fingerprint density at radius 2 is 1.41 bits per heavy atom. The molecule has 0 bridgehead atoms. The Hall–Kier alpha value is -3.40. The number of hydrogen-bond acceptors (Lipinski definition) is 3. The molecule has 2 heterocycles. The van der Waals surface area contributed by atoms with Gasteiger partial charge in [0.2, 0.25) is 0 Å². The molecular formula is C23H18N2O2. The lowest BCUT2D eigenvalue weighted by atomic mass is 10.1. The lowest BCUT2D eigenvalue weighted by Crippen LogP contribution is -2.29. The van der Waals surface area contributed by atoms with E-state index in [4.69, 9.17) is 0 Å². The molecule has 0 saturated carbocycles. The van der Waals surface area contributed by atoms with E-state index in [0.717, 1.165) is 24.3 Å². The van der Waals surface area contributed by atoms with Crippen molar-refractivity contribution in [3.8, 4) is 0 Å². The number of nitrogens with zero attached hydrogens (tertiary/aromatic N) is 2. The van der Waals surface area contributed by atoms with Crippen molar-refractivity contribution in [3.05, 3.63) is 94.5 Å². The van der Waals surface area contributed by atoms with Crippen LogP contribution in [0.3, 0.4) is 0 Å². The summed E-state index contributed by atoms with van der Waals surface area (Å²) in [5, 5.41) is 0. The third-order valence-electron chi connectivity index (χ3n) is 5.34. The Kier molecular flexibility index (Phi) is 3.41. The number of imide groups is 1. The Morgan fingerprint density at radius 3 is 2.11 bits per heavy atom. The fourth-order valence-corrected chi connectivity index (χ4v) is 3.94. The molecular weight excluding hydrogens is 336 g/mol. The number of fused-ring (bicyclic) bond motifs is 2. The van der Waals surface area contributed by atoms with Crippen molar-refractivity contribution in [2.75, 3.05) is 9.80 Å². The third kappa shape index (κ3) is 2.45. The van der Waals surface area contributed by atoms with Crippen LogP contribution >= 0.6 is 0 Å². The minimum Gasteiger partial charge on any atom is -0.363 e. The zero-order valence-electron chi connectivity index (χ0n) is 15.0. The lowest BCUT2D eigenvalue weighted by molar-refractivity contribution is 0.0926. The van der Waals surface area contributed by atoms with Gasteiger partial charge in [0.1, 0.15) is 0 Å². The van der Waals surface area contributed by atoms with Gasteiger partial charge < -0.3 is 4.90 Å². The van der Waals surface area contributed by atoms with E-state index in [2.05, 4.69) is 17.0 Å². The second kappa shape index (κ2) is 5.81. The van der Waals surface area contributed by atoms with Crippen LogP contribution in [0.4, 0.5) is 11.4 Å². The average molecular weight is 354 g/mol. The molecule has 4 heteroatoms. The molecule has 0 aliphatic carbocycles. The highest BCUT2D eigenvalue weighted by Gasteiger charge is 2.37. The SMILES string of the molecule is Cc1cccc(N2C(=O)c3ccc(N4Cc5ccccc5C4)cc3C2=O)c1. The highest BCUT2D eigenvalue weighted by Crippen LogP contribution is 2.34. The molecule has 0 N–H and O–H groups in total. The fourth-order valence-electron chi connectivity index (χ4n) is 3.94. The average Bonchev–Trinajstić information content (AvgIpc) is 3.21. The number of benzene rings is 3. The summed E-state index contributed by atoms with van der Waals surface area (Å²) in [7, 11) is 0. The first-order valence-corrected chi connectivity index (χ1v) is 9.03. The number of hydrogen-bond donors (Lipinski definition) is 0. The third-order valence-corrected chi connectivity index (χ3v) is 5.34. The van der Waals surface area contributed by atoms with Crippen molar-refractivity contribution in [1.82, 2.24) is 0 Å². The summed E-state index contributed by atoms with van der Waals surface area (Å²) in [6.07, 6.45) is 0. The van der Waals surface area contributed by atoms with Crippen LogP contribution in [0.5, 0.6) is 0 Å². The highest BCUT2D eigenvalue weighted by molar-refractivity contribution is 6.34. The van der Waals surface area contributed by atoms with Crippen LogP contribution in [0.2, 0.25) is 0 Å². The molecule has 0 fully saturated rings. The molecule has 3 aromatic carbocycles. The second-order valence-electron chi connectivity index (χ2n) is 7.14. The largest absolute Gasteiger partial charge is 0.363 e. The lowest BCUT2D eigenvalue weighted by Gasteiger charge is -2.18. The number of carbonyl (C=O) groups excluding carboxylic acids is 2. The zero-order chi connectivity index (χ0) is 18.5. The molecule has 0 atom stereocenters. The van der Waals surface area contributed by atoms with Gasteiger partial charge in [0, 0.05) is 18.8 Å². The van der Waals surface area contributed by atoms with Gasteiger partial charge in [-0.3, -0.25) is 9.59 Å². The maximum atomic E-state index is 13.0. The zero-order valence-corrected chi connectivity index (χ0v) is 15.0. The fraction of sp³-hybridized carbons (Fsp3) is 0.130. The van der Waals surface area contributed by atoms with Crippen molar-refractivity contribution in [1.29, 1.82) is 0 Å². The number of aryl methyl sites for hydroxylation is 1. The summed E-state index contributed by atoms with van der Waals surface area (Å²) in [4.78, 5) is 29.3. The molecule has 2 aliphatic heterocycles. The van der Waals surface area contributed by atoms with Gasteiger partial charge in [-0.15, -0.1) is 0 Å². The summed E-state index contributed by atoms with van der Waals surface area (Å²) in [6, 6.07) is 21.4. The number of anilines is 2. The van der Waals surface area contributed by atoms with Crippen LogP contribution in [0.1, 0.15) is 37.4 Å². The molecule has 0 radical (unpaired) electrons. The van der Waals surface area contributed by atoms with Gasteiger partial charge in [0.15, 0.2) is 0 Å². The molecule has 0 aromatic heterocycles. The summed E-state index contributed by atoms with van der Waals surface area (Å²) >= 11 is 0. The van der Waals surface area contributed by atoms with Crippen molar-refractivity contribution < 1.29 is 9.59 Å². The van der Waals surface area contributed by atoms with E-state index in [9.17, 15) is 9.59 Å². The quantitative estimate of drug-likeness (QED) is 0.644. The van der Waals surface area contributed by atoms with Crippen molar-refractivity contribution >= 4 is 23.2 Å². The normalized spacial score (nSPS) is 15.3. The maximum absolute atomic E-state index is 13.0. The molecule has 4 nitrogen and oxygen atoms in total. The molecule has 0 spiro atoms. The van der Waals surface area contributed by atoms with E-state index in [0.29, 0.717) is 16.8 Å². The highest BCUT2D eigenvalue weighted by atomic mass is 16.2. The topological polar surface area (TPSA) is 40.6 Å². The molecule has 0 saturated heterocycles. The van der Waals surface area contributed by atoms with E-state index in [-0.39, 0.29) is 11.8 Å². The van der Waals surface area contributed by atoms with Gasteiger partial charge in [-0.25, -0.2) is 4.90 Å². The predicted molar refractivity (Wildman–Crippen MR) is 105 cm³/mol.